The first-order chi connectivity index (χ1) is 6.56. The van der Waals surface area contributed by atoms with Crippen molar-refractivity contribution in [2.45, 2.75) is 6.92 Å². The van der Waals surface area contributed by atoms with Crippen LogP contribution < -0.4 is 5.73 Å². The monoisotopic (exact) mass is 194 g/mol. The van der Waals surface area contributed by atoms with E-state index in [9.17, 15) is 9.59 Å². The van der Waals surface area contributed by atoms with Gasteiger partial charge < -0.3 is 10.5 Å². The first-order valence-electron chi connectivity index (χ1n) is 3.91. The first-order valence-corrected chi connectivity index (χ1v) is 3.91. The van der Waals surface area contributed by atoms with E-state index in [0.717, 1.165) is 0 Å². The van der Waals surface area contributed by atoms with E-state index in [1.807, 2.05) is 0 Å². The predicted molar refractivity (Wildman–Crippen MR) is 50.0 cm³/mol. The number of nitrogens with zero attached hydrogens (tertiary/aromatic N) is 1. The van der Waals surface area contributed by atoms with Crippen molar-refractivity contribution in [1.29, 1.82) is 0 Å². The van der Waals surface area contributed by atoms with Crippen LogP contribution in [0.25, 0.3) is 0 Å². The standard InChI is InChI=1S/C9H10N2O3/c1-5(12)8-3-7(10)6(4-11-8)9(13)14-2/h3-4H,1-2H3,(H2,10,11). The lowest BCUT2D eigenvalue weighted by Gasteiger charge is -2.03. The second-order valence-electron chi connectivity index (χ2n) is 2.70. The number of nitrogens with two attached hydrogens (primary N) is 1. The van der Waals surface area contributed by atoms with Crippen LogP contribution >= 0.6 is 0 Å². The molecular weight excluding hydrogens is 184 g/mol. The molecular formula is C9H10N2O3. The van der Waals surface area contributed by atoms with Crippen LogP contribution in [0, 0.1) is 0 Å². The van der Waals surface area contributed by atoms with Gasteiger partial charge in [-0.2, -0.15) is 0 Å². The fourth-order valence-corrected chi connectivity index (χ4v) is 0.944. The molecule has 74 valence electrons. The zero-order valence-corrected chi connectivity index (χ0v) is 7.90. The molecule has 1 aromatic rings. The van der Waals surface area contributed by atoms with Gasteiger partial charge in [-0.3, -0.25) is 9.78 Å². The van der Waals surface area contributed by atoms with Crippen LogP contribution in [0.3, 0.4) is 0 Å². The summed E-state index contributed by atoms with van der Waals surface area (Å²) in [5, 5.41) is 0. The molecule has 0 radical (unpaired) electrons. The molecule has 0 aliphatic heterocycles. The summed E-state index contributed by atoms with van der Waals surface area (Å²) in [5.74, 6) is -0.766. The predicted octanol–water partition coefficient (Wildman–Crippen LogP) is 0.653. The van der Waals surface area contributed by atoms with Gasteiger partial charge in [0, 0.05) is 18.8 Å². The number of hydrogen-bond donors (Lipinski definition) is 1. The molecule has 14 heavy (non-hydrogen) atoms. The lowest BCUT2D eigenvalue weighted by Crippen LogP contribution is -2.08. The van der Waals surface area contributed by atoms with Crippen molar-refractivity contribution in [3.63, 3.8) is 0 Å². The fraction of sp³-hybridized carbons (Fsp3) is 0.222. The SMILES string of the molecule is COC(=O)c1cnc(C(C)=O)cc1N. The van der Waals surface area contributed by atoms with Crippen molar-refractivity contribution < 1.29 is 14.3 Å². The molecule has 0 saturated carbocycles. The number of ketones is 1. The molecule has 0 fully saturated rings. The molecule has 5 heteroatoms. The number of carbonyl (C=O) groups is 2. The number of carbonyl (C=O) groups excluding carboxylic acids is 2. The van der Waals surface area contributed by atoms with Crippen LogP contribution in [0.4, 0.5) is 5.69 Å². The Morgan fingerprint density at radius 2 is 2.14 bits per heavy atom. The lowest BCUT2D eigenvalue weighted by molar-refractivity contribution is 0.0601. The molecule has 5 nitrogen and oxygen atoms in total. The van der Waals surface area contributed by atoms with Gasteiger partial charge >= 0.3 is 5.97 Å². The average molecular weight is 194 g/mol. The molecule has 1 aromatic heterocycles. The molecule has 0 aliphatic rings. The Hall–Kier alpha value is -1.91. The summed E-state index contributed by atoms with van der Waals surface area (Å²) in [6, 6.07) is 1.36. The maximum absolute atomic E-state index is 11.1. The number of hydrogen-bond acceptors (Lipinski definition) is 5. The number of methoxy groups -OCH3 is 1. The van der Waals surface area contributed by atoms with Gasteiger partial charge in [0.25, 0.3) is 0 Å². The first kappa shape index (κ1) is 10.2. The van der Waals surface area contributed by atoms with E-state index < -0.39 is 5.97 Å². The van der Waals surface area contributed by atoms with E-state index in [-0.39, 0.29) is 22.7 Å². The molecule has 1 heterocycles. The van der Waals surface area contributed by atoms with Crippen LogP contribution in [0.5, 0.6) is 0 Å². The van der Waals surface area contributed by atoms with E-state index in [0.29, 0.717) is 0 Å². The minimum Gasteiger partial charge on any atom is -0.465 e. The number of pyridine rings is 1. The van der Waals surface area contributed by atoms with Crippen LogP contribution in [-0.2, 0) is 4.74 Å². The van der Waals surface area contributed by atoms with Crippen molar-refractivity contribution in [2.24, 2.45) is 0 Å². The summed E-state index contributed by atoms with van der Waals surface area (Å²) in [5.41, 5.74) is 6.13. The number of nitrogen functional groups attached to an aromatic ring is 1. The summed E-state index contributed by atoms with van der Waals surface area (Å²) in [4.78, 5) is 25.8. The highest BCUT2D eigenvalue weighted by Gasteiger charge is 2.12. The Labute approximate surface area is 80.9 Å². The number of aromatic nitrogens is 1. The quantitative estimate of drug-likeness (QED) is 0.552. The van der Waals surface area contributed by atoms with Crippen LogP contribution in [0.15, 0.2) is 12.3 Å². The average Bonchev–Trinajstić information content (AvgIpc) is 2.16. The van der Waals surface area contributed by atoms with Crippen LogP contribution in [0.2, 0.25) is 0 Å². The zero-order valence-electron chi connectivity index (χ0n) is 7.90. The maximum Gasteiger partial charge on any atom is 0.341 e. The Bertz CT molecular complexity index is 388. The molecule has 0 atom stereocenters. The summed E-state index contributed by atoms with van der Waals surface area (Å²) >= 11 is 0. The lowest BCUT2D eigenvalue weighted by atomic mass is 10.2. The Kier molecular flexibility index (Phi) is 2.81. The second-order valence-corrected chi connectivity index (χ2v) is 2.70. The Morgan fingerprint density at radius 1 is 1.50 bits per heavy atom. The van der Waals surface area contributed by atoms with Crippen LogP contribution in [-0.4, -0.2) is 23.8 Å². The molecule has 2 N–H and O–H groups in total. The summed E-state index contributed by atoms with van der Waals surface area (Å²) in [6.45, 7) is 1.37. The molecule has 0 aliphatic carbocycles. The number of anilines is 1. The Morgan fingerprint density at radius 3 is 2.57 bits per heavy atom. The summed E-state index contributed by atoms with van der Waals surface area (Å²) < 4.78 is 4.47. The van der Waals surface area contributed by atoms with Gasteiger partial charge in [0.15, 0.2) is 5.78 Å². The van der Waals surface area contributed by atoms with Gasteiger partial charge in [-0.1, -0.05) is 0 Å². The molecule has 0 saturated heterocycles. The third-order valence-corrected chi connectivity index (χ3v) is 1.70. The second kappa shape index (κ2) is 3.87. The van der Waals surface area contributed by atoms with Gasteiger partial charge in [0.05, 0.1) is 7.11 Å². The maximum atomic E-state index is 11.1. The molecule has 0 amide bonds. The van der Waals surface area contributed by atoms with E-state index >= 15 is 0 Å². The number of rotatable bonds is 2. The van der Waals surface area contributed by atoms with Crippen LogP contribution in [0.1, 0.15) is 27.8 Å². The van der Waals surface area contributed by atoms with E-state index in [1.54, 1.807) is 0 Å². The highest BCUT2D eigenvalue weighted by molar-refractivity contribution is 5.98. The number of esters is 1. The summed E-state index contributed by atoms with van der Waals surface area (Å²) in [7, 11) is 1.25. The van der Waals surface area contributed by atoms with Crippen molar-refractivity contribution in [3.05, 3.63) is 23.5 Å². The third-order valence-electron chi connectivity index (χ3n) is 1.70. The molecule has 0 bridgehead atoms. The summed E-state index contributed by atoms with van der Waals surface area (Å²) in [6.07, 6.45) is 1.23. The third kappa shape index (κ3) is 1.87. The molecule has 0 spiro atoms. The Balaban J connectivity index is 3.14. The highest BCUT2D eigenvalue weighted by atomic mass is 16.5. The van der Waals surface area contributed by atoms with Gasteiger partial charge in [0.2, 0.25) is 0 Å². The van der Waals surface area contributed by atoms with Gasteiger partial charge in [0.1, 0.15) is 11.3 Å². The highest BCUT2D eigenvalue weighted by Crippen LogP contribution is 2.12. The zero-order chi connectivity index (χ0) is 10.7. The minimum atomic E-state index is -0.565. The van der Waals surface area contributed by atoms with Crippen molar-refractivity contribution in [2.75, 3.05) is 12.8 Å². The topological polar surface area (TPSA) is 82.3 Å². The van der Waals surface area contributed by atoms with Gasteiger partial charge in [-0.15, -0.1) is 0 Å². The molecule has 0 unspecified atom stereocenters. The minimum absolute atomic E-state index is 0.164. The van der Waals surface area contributed by atoms with E-state index in [1.165, 1.54) is 26.3 Å². The normalized spacial score (nSPS) is 9.57. The van der Waals surface area contributed by atoms with E-state index in [2.05, 4.69) is 9.72 Å². The van der Waals surface area contributed by atoms with Gasteiger partial charge in [-0.25, -0.2) is 4.79 Å². The largest absolute Gasteiger partial charge is 0.465 e. The van der Waals surface area contributed by atoms with Crippen molar-refractivity contribution >= 4 is 17.4 Å². The fourth-order valence-electron chi connectivity index (χ4n) is 0.944. The number of Topliss-reactive ketones (excluding diaryl/α,β-unsaturated/α-hetero) is 1. The van der Waals surface area contributed by atoms with E-state index in [4.69, 9.17) is 5.73 Å². The molecule has 0 aromatic carbocycles. The van der Waals surface area contributed by atoms with Gasteiger partial charge in [-0.05, 0) is 6.07 Å². The van der Waals surface area contributed by atoms with Crippen molar-refractivity contribution in [3.8, 4) is 0 Å². The molecule has 1 rings (SSSR count). The number of ether oxygens (including phenoxy) is 1. The van der Waals surface area contributed by atoms with Crippen molar-refractivity contribution in [1.82, 2.24) is 4.98 Å². The smallest absolute Gasteiger partial charge is 0.341 e.